The SMILES string of the molecule is Cc1cn2c(n1)CC[C@@H](N)C2. The number of fused-ring (bicyclic) bond motifs is 1. The van der Waals surface area contributed by atoms with Crippen LogP contribution < -0.4 is 5.73 Å². The van der Waals surface area contributed by atoms with Crippen LogP contribution in [0.4, 0.5) is 0 Å². The topological polar surface area (TPSA) is 43.8 Å². The van der Waals surface area contributed by atoms with Crippen molar-refractivity contribution in [1.29, 1.82) is 0 Å². The van der Waals surface area contributed by atoms with E-state index in [0.717, 1.165) is 25.1 Å². The molecule has 0 bridgehead atoms. The van der Waals surface area contributed by atoms with E-state index < -0.39 is 0 Å². The average molecular weight is 151 g/mol. The van der Waals surface area contributed by atoms with E-state index in [9.17, 15) is 0 Å². The van der Waals surface area contributed by atoms with Crippen molar-refractivity contribution in [1.82, 2.24) is 9.55 Å². The van der Waals surface area contributed by atoms with Gasteiger partial charge in [0.15, 0.2) is 0 Å². The Bertz CT molecular complexity index is 264. The predicted octanol–water partition coefficient (Wildman–Crippen LogP) is 0.465. The van der Waals surface area contributed by atoms with Crippen molar-refractivity contribution in [2.45, 2.75) is 32.4 Å². The maximum atomic E-state index is 5.81. The van der Waals surface area contributed by atoms with Crippen molar-refractivity contribution in [2.24, 2.45) is 5.73 Å². The Morgan fingerprint density at radius 1 is 1.73 bits per heavy atom. The molecular formula is C8H13N3. The van der Waals surface area contributed by atoms with E-state index in [4.69, 9.17) is 5.73 Å². The number of aromatic nitrogens is 2. The van der Waals surface area contributed by atoms with Crippen molar-refractivity contribution in [3.05, 3.63) is 17.7 Å². The first-order valence-electron chi connectivity index (χ1n) is 4.04. The zero-order valence-corrected chi connectivity index (χ0v) is 6.75. The van der Waals surface area contributed by atoms with Crippen LogP contribution >= 0.6 is 0 Å². The monoisotopic (exact) mass is 151 g/mol. The van der Waals surface area contributed by atoms with Gasteiger partial charge < -0.3 is 10.3 Å². The standard InChI is InChI=1S/C8H13N3/c1-6-4-11-5-7(9)2-3-8(11)10-6/h4,7H,2-3,5,9H2,1H3/t7-/m1/s1. The molecule has 0 aliphatic carbocycles. The number of imidazole rings is 1. The zero-order valence-electron chi connectivity index (χ0n) is 6.75. The van der Waals surface area contributed by atoms with Crippen LogP contribution in [0.2, 0.25) is 0 Å². The second-order valence-corrected chi connectivity index (χ2v) is 3.25. The highest BCUT2D eigenvalue weighted by Gasteiger charge is 2.15. The lowest BCUT2D eigenvalue weighted by Gasteiger charge is -2.19. The summed E-state index contributed by atoms with van der Waals surface area (Å²) in [5.74, 6) is 1.20. The minimum atomic E-state index is 0.330. The third-order valence-electron chi connectivity index (χ3n) is 2.15. The Balaban J connectivity index is 2.34. The molecule has 1 atom stereocenters. The van der Waals surface area contributed by atoms with Gasteiger partial charge in [-0.15, -0.1) is 0 Å². The number of nitrogens with two attached hydrogens (primary N) is 1. The van der Waals surface area contributed by atoms with E-state index in [0.29, 0.717) is 6.04 Å². The third-order valence-corrected chi connectivity index (χ3v) is 2.15. The molecule has 0 saturated carbocycles. The summed E-state index contributed by atoms with van der Waals surface area (Å²) < 4.78 is 2.17. The first-order chi connectivity index (χ1) is 5.25. The van der Waals surface area contributed by atoms with Crippen LogP contribution in [-0.2, 0) is 13.0 Å². The van der Waals surface area contributed by atoms with Gasteiger partial charge in [-0.3, -0.25) is 0 Å². The summed E-state index contributed by atoms with van der Waals surface area (Å²) in [6.45, 7) is 2.97. The molecule has 0 radical (unpaired) electrons. The molecule has 0 saturated heterocycles. The van der Waals surface area contributed by atoms with Crippen LogP contribution in [0.5, 0.6) is 0 Å². The Morgan fingerprint density at radius 3 is 3.36 bits per heavy atom. The van der Waals surface area contributed by atoms with Crippen molar-refractivity contribution in [3.8, 4) is 0 Å². The van der Waals surface area contributed by atoms with E-state index in [1.807, 2.05) is 6.92 Å². The second-order valence-electron chi connectivity index (χ2n) is 3.25. The smallest absolute Gasteiger partial charge is 0.109 e. The molecule has 0 unspecified atom stereocenters. The van der Waals surface area contributed by atoms with Gasteiger partial charge in [-0.25, -0.2) is 4.98 Å². The van der Waals surface area contributed by atoms with Gasteiger partial charge in [0.05, 0.1) is 5.69 Å². The lowest BCUT2D eigenvalue weighted by Crippen LogP contribution is -2.31. The quantitative estimate of drug-likeness (QED) is 0.585. The summed E-state index contributed by atoms with van der Waals surface area (Å²) in [7, 11) is 0. The molecule has 2 N–H and O–H groups in total. The Labute approximate surface area is 66.2 Å². The van der Waals surface area contributed by atoms with E-state index in [2.05, 4.69) is 15.7 Å². The van der Waals surface area contributed by atoms with Crippen molar-refractivity contribution >= 4 is 0 Å². The largest absolute Gasteiger partial charge is 0.333 e. The molecule has 60 valence electrons. The third kappa shape index (κ3) is 1.16. The van der Waals surface area contributed by atoms with Gasteiger partial charge in [-0.05, 0) is 13.3 Å². The lowest BCUT2D eigenvalue weighted by molar-refractivity contribution is 0.453. The number of hydrogen-bond acceptors (Lipinski definition) is 2. The Hall–Kier alpha value is -0.830. The molecule has 3 nitrogen and oxygen atoms in total. The normalized spacial score (nSPS) is 23.3. The zero-order chi connectivity index (χ0) is 7.84. The second kappa shape index (κ2) is 2.34. The maximum Gasteiger partial charge on any atom is 0.109 e. The fourth-order valence-electron chi connectivity index (χ4n) is 1.61. The molecule has 0 amide bonds. The molecule has 1 aromatic heterocycles. The van der Waals surface area contributed by atoms with E-state index in [1.54, 1.807) is 0 Å². The van der Waals surface area contributed by atoms with E-state index in [-0.39, 0.29) is 0 Å². The fraction of sp³-hybridized carbons (Fsp3) is 0.625. The number of hydrogen-bond donors (Lipinski definition) is 1. The summed E-state index contributed by atoms with van der Waals surface area (Å²) in [5.41, 5.74) is 6.92. The Kier molecular flexibility index (Phi) is 1.46. The highest BCUT2D eigenvalue weighted by molar-refractivity contribution is 5.05. The molecule has 0 fully saturated rings. The van der Waals surface area contributed by atoms with E-state index >= 15 is 0 Å². The lowest BCUT2D eigenvalue weighted by atomic mass is 10.1. The minimum absolute atomic E-state index is 0.330. The Morgan fingerprint density at radius 2 is 2.55 bits per heavy atom. The molecule has 1 aliphatic rings. The van der Waals surface area contributed by atoms with Crippen LogP contribution in [-0.4, -0.2) is 15.6 Å². The predicted molar refractivity (Wildman–Crippen MR) is 43.3 cm³/mol. The molecule has 3 heteroatoms. The summed E-state index contributed by atoms with van der Waals surface area (Å²) in [5, 5.41) is 0. The van der Waals surface area contributed by atoms with Gasteiger partial charge in [0.1, 0.15) is 5.82 Å². The van der Waals surface area contributed by atoms with Crippen molar-refractivity contribution in [2.75, 3.05) is 0 Å². The minimum Gasteiger partial charge on any atom is -0.333 e. The summed E-state index contributed by atoms with van der Waals surface area (Å²) in [4.78, 5) is 4.39. The molecular weight excluding hydrogens is 138 g/mol. The van der Waals surface area contributed by atoms with Gasteiger partial charge >= 0.3 is 0 Å². The molecule has 1 aromatic rings. The highest BCUT2D eigenvalue weighted by atomic mass is 15.1. The van der Waals surface area contributed by atoms with Gasteiger partial charge in [0, 0.05) is 25.2 Å². The first-order valence-corrected chi connectivity index (χ1v) is 4.04. The van der Waals surface area contributed by atoms with Crippen molar-refractivity contribution < 1.29 is 0 Å². The average Bonchev–Trinajstić information content (AvgIpc) is 2.27. The molecule has 2 heterocycles. The van der Waals surface area contributed by atoms with Crippen molar-refractivity contribution in [3.63, 3.8) is 0 Å². The summed E-state index contributed by atoms with van der Waals surface area (Å²) in [6, 6.07) is 0.330. The molecule has 0 aromatic carbocycles. The van der Waals surface area contributed by atoms with Crippen LogP contribution in [0.15, 0.2) is 6.20 Å². The van der Waals surface area contributed by atoms with Crippen LogP contribution in [0, 0.1) is 6.92 Å². The maximum absolute atomic E-state index is 5.81. The summed E-state index contributed by atoms with van der Waals surface area (Å²) >= 11 is 0. The molecule has 0 spiro atoms. The number of nitrogens with zero attached hydrogens (tertiary/aromatic N) is 2. The highest BCUT2D eigenvalue weighted by Crippen LogP contribution is 2.13. The number of aryl methyl sites for hydroxylation is 2. The van der Waals surface area contributed by atoms with E-state index in [1.165, 1.54) is 5.82 Å². The van der Waals surface area contributed by atoms with Crippen LogP contribution in [0.25, 0.3) is 0 Å². The van der Waals surface area contributed by atoms with Gasteiger partial charge in [-0.2, -0.15) is 0 Å². The number of rotatable bonds is 0. The first kappa shape index (κ1) is 6.85. The molecule has 11 heavy (non-hydrogen) atoms. The molecule has 1 aliphatic heterocycles. The summed E-state index contributed by atoms with van der Waals surface area (Å²) in [6.07, 6.45) is 4.19. The molecule has 2 rings (SSSR count). The van der Waals surface area contributed by atoms with Gasteiger partial charge in [0.2, 0.25) is 0 Å². The van der Waals surface area contributed by atoms with Gasteiger partial charge in [-0.1, -0.05) is 0 Å². The fourth-order valence-corrected chi connectivity index (χ4v) is 1.61. The van der Waals surface area contributed by atoms with Crippen LogP contribution in [0.1, 0.15) is 17.9 Å². The van der Waals surface area contributed by atoms with Gasteiger partial charge in [0.25, 0.3) is 0 Å². The van der Waals surface area contributed by atoms with Crippen LogP contribution in [0.3, 0.4) is 0 Å².